The topological polar surface area (TPSA) is 66.4 Å². The lowest BCUT2D eigenvalue weighted by molar-refractivity contribution is 0.00139. The Labute approximate surface area is 109 Å². The van der Waals surface area contributed by atoms with Gasteiger partial charge in [0, 0.05) is 14.2 Å². The monoisotopic (exact) mass is 266 g/mol. The predicted octanol–water partition coefficient (Wildman–Crippen LogP) is 0.451. The summed E-state index contributed by atoms with van der Waals surface area (Å²) in [6.45, 7) is 6.97. The molecule has 0 heterocycles. The van der Waals surface area contributed by atoms with E-state index >= 15 is 0 Å². The summed E-state index contributed by atoms with van der Waals surface area (Å²) >= 11 is 0. The van der Waals surface area contributed by atoms with E-state index in [2.05, 4.69) is 11.3 Å². The normalized spacial score (nSPS) is 9.50. The summed E-state index contributed by atoms with van der Waals surface area (Å²) in [6.07, 6.45) is 1.39. The molecule has 0 aromatic heterocycles. The van der Waals surface area contributed by atoms with Gasteiger partial charge in [-0.3, -0.25) is 0 Å². The van der Waals surface area contributed by atoms with Gasteiger partial charge in [0.25, 0.3) is 0 Å². The number of methoxy groups -OCH3 is 1. The van der Waals surface area contributed by atoms with Gasteiger partial charge in [0.2, 0.25) is 0 Å². The van der Waals surface area contributed by atoms with Crippen LogP contribution in [0.3, 0.4) is 0 Å². The standard InChI is InChI=1S/C10H20O5.C2H6O/c1-2-12-5-6-14-9-10-15-8-7-13-4-3-11;1-3-2/h2,11H,1,3-10H2;1-2H3. The molecule has 0 fully saturated rings. The summed E-state index contributed by atoms with van der Waals surface area (Å²) in [7, 11) is 3.25. The van der Waals surface area contributed by atoms with E-state index in [1.165, 1.54) is 6.26 Å². The Morgan fingerprint density at radius 1 is 0.833 bits per heavy atom. The van der Waals surface area contributed by atoms with Crippen molar-refractivity contribution in [2.45, 2.75) is 0 Å². The van der Waals surface area contributed by atoms with Gasteiger partial charge < -0.3 is 28.8 Å². The highest BCUT2D eigenvalue weighted by Crippen LogP contribution is 1.82. The van der Waals surface area contributed by atoms with Crippen LogP contribution in [-0.4, -0.2) is 72.2 Å². The van der Waals surface area contributed by atoms with Crippen LogP contribution in [0.4, 0.5) is 0 Å². The van der Waals surface area contributed by atoms with E-state index in [1.54, 1.807) is 14.2 Å². The lowest BCUT2D eigenvalue weighted by Gasteiger charge is -2.05. The largest absolute Gasteiger partial charge is 0.499 e. The Bertz CT molecular complexity index is 143. The zero-order chi connectivity index (χ0) is 13.9. The Morgan fingerprint density at radius 3 is 1.61 bits per heavy atom. The van der Waals surface area contributed by atoms with Gasteiger partial charge in [0.1, 0.15) is 6.61 Å². The molecule has 6 heteroatoms. The molecule has 0 rings (SSSR count). The molecule has 0 aliphatic heterocycles. The average Bonchev–Trinajstić information content (AvgIpc) is 2.37. The second-order valence-electron chi connectivity index (χ2n) is 3.01. The van der Waals surface area contributed by atoms with Crippen LogP contribution in [0, 0.1) is 0 Å². The first-order chi connectivity index (χ1) is 8.83. The average molecular weight is 266 g/mol. The molecule has 0 unspecified atom stereocenters. The highest BCUT2D eigenvalue weighted by atomic mass is 16.6. The predicted molar refractivity (Wildman–Crippen MR) is 68.6 cm³/mol. The Kier molecular flexibility index (Phi) is 23.6. The summed E-state index contributed by atoms with van der Waals surface area (Å²) in [5, 5.41) is 8.41. The maximum Gasteiger partial charge on any atom is 0.111 e. The van der Waals surface area contributed by atoms with Crippen molar-refractivity contribution >= 4 is 0 Å². The molecule has 0 aliphatic carbocycles. The zero-order valence-electron chi connectivity index (χ0n) is 11.4. The first kappa shape index (κ1) is 19.7. The van der Waals surface area contributed by atoms with Crippen LogP contribution in [0.15, 0.2) is 12.8 Å². The van der Waals surface area contributed by atoms with Gasteiger partial charge in [0.15, 0.2) is 0 Å². The Balaban J connectivity index is 0. The van der Waals surface area contributed by atoms with Crippen molar-refractivity contribution in [3.8, 4) is 0 Å². The van der Waals surface area contributed by atoms with Crippen LogP contribution in [0.1, 0.15) is 0 Å². The Hall–Kier alpha value is -0.660. The number of hydrogen-bond acceptors (Lipinski definition) is 6. The van der Waals surface area contributed by atoms with Gasteiger partial charge in [-0.25, -0.2) is 0 Å². The van der Waals surface area contributed by atoms with Crippen molar-refractivity contribution in [3.05, 3.63) is 12.8 Å². The van der Waals surface area contributed by atoms with Gasteiger partial charge in [0.05, 0.1) is 52.5 Å². The zero-order valence-corrected chi connectivity index (χ0v) is 11.4. The molecule has 0 atom stereocenters. The van der Waals surface area contributed by atoms with Crippen LogP contribution < -0.4 is 0 Å². The molecule has 0 bridgehead atoms. The van der Waals surface area contributed by atoms with E-state index in [4.69, 9.17) is 24.1 Å². The second kappa shape index (κ2) is 21.6. The minimum Gasteiger partial charge on any atom is -0.499 e. The fourth-order valence-electron chi connectivity index (χ4n) is 0.797. The Morgan fingerprint density at radius 2 is 1.22 bits per heavy atom. The molecule has 0 radical (unpaired) electrons. The molecular weight excluding hydrogens is 240 g/mol. The summed E-state index contributed by atoms with van der Waals surface area (Å²) in [5.74, 6) is 0. The van der Waals surface area contributed by atoms with Crippen LogP contribution in [0.25, 0.3) is 0 Å². The summed E-state index contributed by atoms with van der Waals surface area (Å²) in [5.41, 5.74) is 0. The third-order valence-electron chi connectivity index (χ3n) is 1.44. The lowest BCUT2D eigenvalue weighted by Crippen LogP contribution is -2.12. The number of aliphatic hydroxyl groups excluding tert-OH is 1. The number of ether oxygens (including phenoxy) is 5. The molecule has 0 aromatic carbocycles. The van der Waals surface area contributed by atoms with E-state index in [-0.39, 0.29) is 6.61 Å². The van der Waals surface area contributed by atoms with E-state index in [0.717, 1.165) is 0 Å². The van der Waals surface area contributed by atoms with Crippen molar-refractivity contribution in [2.75, 3.05) is 67.1 Å². The number of hydrogen-bond donors (Lipinski definition) is 1. The molecule has 0 saturated heterocycles. The molecule has 110 valence electrons. The van der Waals surface area contributed by atoms with E-state index < -0.39 is 0 Å². The first-order valence-corrected chi connectivity index (χ1v) is 5.80. The third-order valence-corrected chi connectivity index (χ3v) is 1.44. The lowest BCUT2D eigenvalue weighted by atomic mass is 10.7. The van der Waals surface area contributed by atoms with Crippen molar-refractivity contribution in [1.29, 1.82) is 0 Å². The van der Waals surface area contributed by atoms with E-state index in [1.807, 2.05) is 0 Å². The van der Waals surface area contributed by atoms with Crippen LogP contribution in [0.5, 0.6) is 0 Å². The minimum atomic E-state index is 0.0480. The first-order valence-electron chi connectivity index (χ1n) is 5.80. The van der Waals surface area contributed by atoms with Crippen molar-refractivity contribution in [1.82, 2.24) is 0 Å². The van der Waals surface area contributed by atoms with Crippen molar-refractivity contribution in [3.63, 3.8) is 0 Å². The highest BCUT2D eigenvalue weighted by molar-refractivity contribution is 4.47. The highest BCUT2D eigenvalue weighted by Gasteiger charge is 1.90. The van der Waals surface area contributed by atoms with Gasteiger partial charge in [-0.15, -0.1) is 0 Å². The molecule has 0 saturated carbocycles. The maximum atomic E-state index is 8.41. The molecule has 0 aliphatic rings. The van der Waals surface area contributed by atoms with Crippen LogP contribution >= 0.6 is 0 Å². The van der Waals surface area contributed by atoms with Crippen molar-refractivity contribution in [2.24, 2.45) is 0 Å². The maximum absolute atomic E-state index is 8.41. The van der Waals surface area contributed by atoms with Gasteiger partial charge in [-0.2, -0.15) is 0 Å². The molecule has 18 heavy (non-hydrogen) atoms. The quantitative estimate of drug-likeness (QED) is 0.409. The fourth-order valence-corrected chi connectivity index (χ4v) is 0.797. The summed E-state index contributed by atoms with van der Waals surface area (Å²) in [4.78, 5) is 0. The van der Waals surface area contributed by atoms with Gasteiger partial charge >= 0.3 is 0 Å². The van der Waals surface area contributed by atoms with Crippen LogP contribution in [-0.2, 0) is 23.7 Å². The molecule has 0 amide bonds. The van der Waals surface area contributed by atoms with Gasteiger partial charge in [-0.1, -0.05) is 6.58 Å². The van der Waals surface area contributed by atoms with Crippen LogP contribution in [0.2, 0.25) is 0 Å². The molecular formula is C12H26O6. The second-order valence-corrected chi connectivity index (χ2v) is 3.01. The molecule has 0 spiro atoms. The van der Waals surface area contributed by atoms with E-state index in [0.29, 0.717) is 46.2 Å². The van der Waals surface area contributed by atoms with Gasteiger partial charge in [-0.05, 0) is 0 Å². The molecule has 1 N–H and O–H groups in total. The fraction of sp³-hybridized carbons (Fsp3) is 0.833. The summed E-state index contributed by atoms with van der Waals surface area (Å²) in [6, 6.07) is 0. The molecule has 6 nitrogen and oxygen atoms in total. The minimum absolute atomic E-state index is 0.0480. The van der Waals surface area contributed by atoms with E-state index in [9.17, 15) is 0 Å². The smallest absolute Gasteiger partial charge is 0.111 e. The summed E-state index contributed by atoms with van der Waals surface area (Å²) < 4.78 is 24.5. The SMILES string of the molecule is C=COCCOCCOCCOCCO.COC. The third kappa shape index (κ3) is 24.5. The number of rotatable bonds is 12. The van der Waals surface area contributed by atoms with Crippen molar-refractivity contribution < 1.29 is 28.8 Å². The number of aliphatic hydroxyl groups is 1. The molecule has 0 aromatic rings.